The number of fused-ring (bicyclic) bond motifs is 8. The van der Waals surface area contributed by atoms with Crippen molar-refractivity contribution in [2.45, 2.75) is 54.0 Å². The third kappa shape index (κ3) is 3.43. The van der Waals surface area contributed by atoms with Crippen molar-refractivity contribution in [2.24, 2.45) is 17.8 Å². The molecule has 8 heteroatoms. The summed E-state index contributed by atoms with van der Waals surface area (Å²) in [6.07, 6.45) is 8.02. The summed E-state index contributed by atoms with van der Waals surface area (Å²) in [7, 11) is 0. The van der Waals surface area contributed by atoms with Gasteiger partial charge in [-0.05, 0) is 79.7 Å². The molecule has 0 spiro atoms. The molecule has 202 valence electrons. The Bertz CT molecular complexity index is 1860. The molecular formula is C31H34N4O4. The Morgan fingerprint density at radius 2 is 1.56 bits per heavy atom. The number of aromatic nitrogens is 3. The van der Waals surface area contributed by atoms with E-state index in [0.29, 0.717) is 21.7 Å². The van der Waals surface area contributed by atoms with Crippen molar-refractivity contribution in [3.05, 3.63) is 71.9 Å². The van der Waals surface area contributed by atoms with Gasteiger partial charge in [0.2, 0.25) is 0 Å². The Hall–Kier alpha value is -4.20. The Morgan fingerprint density at radius 1 is 0.923 bits per heavy atom. The number of aliphatic hydroxyl groups is 1. The van der Waals surface area contributed by atoms with E-state index < -0.39 is 11.9 Å². The lowest BCUT2D eigenvalue weighted by Gasteiger charge is -2.23. The molecular weight excluding hydrogens is 492 g/mol. The zero-order chi connectivity index (χ0) is 27.9. The van der Waals surface area contributed by atoms with E-state index in [1.54, 1.807) is 0 Å². The van der Waals surface area contributed by atoms with Crippen molar-refractivity contribution >= 4 is 41.8 Å². The zero-order valence-corrected chi connectivity index (χ0v) is 23.0. The topological polar surface area (TPSA) is 134 Å². The van der Waals surface area contributed by atoms with Crippen LogP contribution in [0, 0.1) is 45.4 Å². The van der Waals surface area contributed by atoms with Crippen LogP contribution >= 0.6 is 0 Å². The minimum atomic E-state index is -1.22. The molecule has 39 heavy (non-hydrogen) atoms. The van der Waals surface area contributed by atoms with Crippen LogP contribution in [0.3, 0.4) is 0 Å². The Morgan fingerprint density at radius 3 is 2.21 bits per heavy atom. The number of carbonyl (C=O) groups is 2. The largest absolute Gasteiger partial charge is 0.515 e. The number of aliphatic hydroxyl groups excluding tert-OH is 1. The first-order valence-corrected chi connectivity index (χ1v) is 13.5. The highest BCUT2D eigenvalue weighted by atomic mass is 16.4. The van der Waals surface area contributed by atoms with Gasteiger partial charge >= 0.3 is 5.97 Å². The first-order chi connectivity index (χ1) is 18.6. The van der Waals surface area contributed by atoms with Crippen molar-refractivity contribution < 1.29 is 19.8 Å². The van der Waals surface area contributed by atoms with E-state index >= 15 is 0 Å². The summed E-state index contributed by atoms with van der Waals surface area (Å²) in [4.78, 5) is 36.6. The molecule has 1 fully saturated rings. The summed E-state index contributed by atoms with van der Waals surface area (Å²) < 4.78 is 0. The molecule has 1 unspecified atom stereocenters. The SMILES string of the molecule is CC[C@@H]1C2N/C(=C\c3[nH]c(c(C)c3C)/C=c3\[nH]c(c(C)\c3=C\O)/C=c3\[nH]c4c(c3C)C(=O)[C@H](C(=O)O)C=42)[C@H]1C. The second kappa shape index (κ2) is 8.66. The highest BCUT2D eigenvalue weighted by molar-refractivity contribution is 6.19. The molecule has 8 nitrogen and oxygen atoms in total. The molecule has 0 aromatic carbocycles. The highest BCUT2D eigenvalue weighted by Crippen LogP contribution is 2.41. The summed E-state index contributed by atoms with van der Waals surface area (Å²) in [5.74, 6) is -2.45. The molecule has 0 radical (unpaired) electrons. The van der Waals surface area contributed by atoms with Crippen LogP contribution in [0.25, 0.3) is 30.1 Å². The Kier molecular flexibility index (Phi) is 5.57. The number of aliphatic carboxylic acids is 1. The van der Waals surface area contributed by atoms with Gasteiger partial charge in [0.15, 0.2) is 5.78 Å². The predicted molar refractivity (Wildman–Crippen MR) is 151 cm³/mol. The van der Waals surface area contributed by atoms with Crippen molar-refractivity contribution in [1.82, 2.24) is 20.3 Å². The lowest BCUT2D eigenvalue weighted by Crippen LogP contribution is -2.37. The van der Waals surface area contributed by atoms with Crippen LogP contribution in [0.15, 0.2) is 5.70 Å². The number of nitrogens with one attached hydrogen (secondary N) is 4. The van der Waals surface area contributed by atoms with Crippen molar-refractivity contribution in [2.75, 3.05) is 0 Å². The van der Waals surface area contributed by atoms with Crippen LogP contribution in [0.1, 0.15) is 70.0 Å². The third-order valence-electron chi connectivity index (χ3n) is 9.35. The molecule has 6 N–H and O–H groups in total. The van der Waals surface area contributed by atoms with Gasteiger partial charge in [-0.3, -0.25) is 9.59 Å². The number of carbonyl (C=O) groups excluding carboxylic acids is 1. The maximum atomic E-state index is 13.6. The second-order valence-corrected chi connectivity index (χ2v) is 11.2. The van der Waals surface area contributed by atoms with Crippen molar-refractivity contribution in [1.29, 1.82) is 0 Å². The molecule has 3 aliphatic rings. The van der Waals surface area contributed by atoms with Gasteiger partial charge < -0.3 is 30.5 Å². The van der Waals surface area contributed by atoms with E-state index in [9.17, 15) is 19.8 Å². The number of carboxylic acids is 1. The first-order valence-electron chi connectivity index (χ1n) is 13.5. The lowest BCUT2D eigenvalue weighted by atomic mass is 9.81. The van der Waals surface area contributed by atoms with Crippen LogP contribution in [0.2, 0.25) is 0 Å². The predicted octanol–water partition coefficient (Wildman–Crippen LogP) is 1.89. The number of ketones is 1. The maximum absolute atomic E-state index is 13.6. The summed E-state index contributed by atoms with van der Waals surface area (Å²) in [6, 6.07) is -0.293. The van der Waals surface area contributed by atoms with Crippen LogP contribution < -0.4 is 26.6 Å². The van der Waals surface area contributed by atoms with Gasteiger partial charge in [-0.1, -0.05) is 20.3 Å². The fraction of sp³-hybridized carbons (Fsp3) is 0.355. The standard InChI is InChI=1S/C31H34N4O4/c1-7-17-14(4)22-8-19-12(2)13(3)20(32-19)10-24-18(11-36)15(5)21(33-24)9-23-16(6)25-29(35-23)26(28(17)34-22)27(30(25)37)31(38)39/h8-11,14,17,27-28,32-36H,7H2,1-6H3,(H,38,39)/b18-11-,22-8-,23-9-,24-10-/t14-,17-,27+,28?/m0/s1. The van der Waals surface area contributed by atoms with Gasteiger partial charge in [0.1, 0.15) is 5.92 Å². The Labute approximate surface area is 225 Å². The van der Waals surface area contributed by atoms with Crippen LogP contribution in [-0.2, 0) is 4.79 Å². The zero-order valence-electron chi connectivity index (χ0n) is 23.0. The summed E-state index contributed by atoms with van der Waals surface area (Å²) >= 11 is 0. The average Bonchev–Trinajstić information content (AvgIpc) is 3.62. The number of H-pyrrole nitrogens is 3. The maximum Gasteiger partial charge on any atom is 0.318 e. The van der Waals surface area contributed by atoms with Gasteiger partial charge in [-0.15, -0.1) is 0 Å². The van der Waals surface area contributed by atoms with Crippen molar-refractivity contribution in [3.8, 4) is 0 Å². The van der Waals surface area contributed by atoms with E-state index in [1.165, 1.54) is 0 Å². The molecule has 1 aliphatic carbocycles. The molecule has 6 rings (SSSR count). The molecule has 4 atom stereocenters. The average molecular weight is 527 g/mol. The lowest BCUT2D eigenvalue weighted by molar-refractivity contribution is -0.138. The normalized spacial score (nSPS) is 27.0. The van der Waals surface area contributed by atoms with E-state index in [1.807, 2.05) is 26.0 Å². The summed E-state index contributed by atoms with van der Waals surface area (Å²) in [5, 5.41) is 26.8. The van der Waals surface area contributed by atoms with Crippen LogP contribution in [0.5, 0.6) is 0 Å². The van der Waals surface area contributed by atoms with Gasteiger partial charge in [0, 0.05) is 44.8 Å². The summed E-state index contributed by atoms with van der Waals surface area (Å²) in [5.41, 5.74) is 8.62. The first kappa shape index (κ1) is 25.1. The van der Waals surface area contributed by atoms with Gasteiger partial charge in [0.05, 0.1) is 23.0 Å². The smallest absolute Gasteiger partial charge is 0.318 e. The van der Waals surface area contributed by atoms with E-state index in [2.05, 4.69) is 54.0 Å². The second-order valence-electron chi connectivity index (χ2n) is 11.2. The Balaban J connectivity index is 1.76. The molecule has 3 aromatic heterocycles. The number of Topliss-reactive ketones (excluding diaryl/α,β-unsaturated/α-hetero) is 1. The molecule has 0 saturated carbocycles. The van der Waals surface area contributed by atoms with E-state index in [4.69, 9.17) is 0 Å². The minimum absolute atomic E-state index is 0.122. The van der Waals surface area contributed by atoms with Gasteiger partial charge in [-0.25, -0.2) is 0 Å². The highest BCUT2D eigenvalue weighted by Gasteiger charge is 2.48. The molecule has 8 bridgehead atoms. The van der Waals surface area contributed by atoms with Crippen molar-refractivity contribution in [3.63, 3.8) is 0 Å². The number of rotatable bonds is 2. The fourth-order valence-electron chi connectivity index (χ4n) is 6.85. The number of allylic oxidation sites excluding steroid dienone is 1. The van der Waals surface area contributed by atoms with Crippen LogP contribution in [0.4, 0.5) is 0 Å². The number of hydrogen-bond acceptors (Lipinski definition) is 4. The monoisotopic (exact) mass is 526 g/mol. The molecule has 5 heterocycles. The van der Waals surface area contributed by atoms with E-state index in [0.717, 1.165) is 68.4 Å². The fourth-order valence-corrected chi connectivity index (χ4v) is 6.85. The quantitative estimate of drug-likeness (QED) is 0.284. The van der Waals surface area contributed by atoms with Gasteiger partial charge in [-0.2, -0.15) is 0 Å². The number of aromatic amines is 3. The summed E-state index contributed by atoms with van der Waals surface area (Å²) in [6.45, 7) is 12.2. The third-order valence-corrected chi connectivity index (χ3v) is 9.35. The molecule has 0 amide bonds. The molecule has 3 aromatic rings. The molecule has 2 aliphatic heterocycles. The number of hydrogen-bond donors (Lipinski definition) is 6. The minimum Gasteiger partial charge on any atom is -0.515 e. The van der Waals surface area contributed by atoms with E-state index in [-0.39, 0.29) is 23.7 Å². The van der Waals surface area contributed by atoms with Gasteiger partial charge in [0.25, 0.3) is 0 Å². The van der Waals surface area contributed by atoms with Crippen LogP contribution in [-0.4, -0.2) is 43.0 Å². The molecule has 1 saturated heterocycles. The number of carboxylic acid groups (broad SMARTS) is 1.